The van der Waals surface area contributed by atoms with Gasteiger partial charge in [-0.2, -0.15) is 0 Å². The van der Waals surface area contributed by atoms with E-state index in [1.165, 1.54) is 12.8 Å². The molecule has 0 spiro atoms. The highest BCUT2D eigenvalue weighted by Crippen LogP contribution is 2.29. The molecule has 1 N–H and O–H groups in total. The summed E-state index contributed by atoms with van der Waals surface area (Å²) in [4.78, 5) is 0. The predicted molar refractivity (Wildman–Crippen MR) is 71.3 cm³/mol. The van der Waals surface area contributed by atoms with Gasteiger partial charge in [-0.3, -0.25) is 0 Å². The van der Waals surface area contributed by atoms with E-state index in [2.05, 4.69) is 33.0 Å². The van der Waals surface area contributed by atoms with Crippen molar-refractivity contribution in [2.45, 2.75) is 58.7 Å². The third kappa shape index (κ3) is 5.84. The van der Waals surface area contributed by atoms with E-state index in [0.717, 1.165) is 26.1 Å². The highest BCUT2D eigenvalue weighted by atomic mass is 16.5. The molecule has 1 atom stereocenters. The predicted octanol–water partition coefficient (Wildman–Crippen LogP) is 2.60. The summed E-state index contributed by atoms with van der Waals surface area (Å²) >= 11 is 0. The molecule has 1 aliphatic heterocycles. The molecule has 0 radical (unpaired) electrons. The molecule has 0 aromatic rings. The van der Waals surface area contributed by atoms with Crippen LogP contribution in [0.3, 0.4) is 0 Å². The molecule has 1 unspecified atom stereocenters. The third-order valence-electron chi connectivity index (χ3n) is 3.51. The van der Waals surface area contributed by atoms with Crippen LogP contribution in [0.2, 0.25) is 0 Å². The van der Waals surface area contributed by atoms with Crippen LogP contribution in [0.25, 0.3) is 0 Å². The molecule has 1 saturated heterocycles. The smallest absolute Gasteiger partial charge is 0.0707 e. The second kappa shape index (κ2) is 6.17. The Balaban J connectivity index is 2.15. The average molecular weight is 243 g/mol. The van der Waals surface area contributed by atoms with Gasteiger partial charge >= 0.3 is 0 Å². The lowest BCUT2D eigenvalue weighted by Gasteiger charge is -2.26. The first-order valence-corrected chi connectivity index (χ1v) is 6.72. The Kier molecular flexibility index (Phi) is 5.42. The molecule has 1 fully saturated rings. The fourth-order valence-corrected chi connectivity index (χ4v) is 2.26. The summed E-state index contributed by atoms with van der Waals surface area (Å²) in [5.41, 5.74) is 0.377. The molecule has 3 nitrogen and oxygen atoms in total. The Bertz CT molecular complexity index is 226. The zero-order valence-electron chi connectivity index (χ0n) is 12.1. The zero-order chi connectivity index (χ0) is 12.9. The molecule has 17 heavy (non-hydrogen) atoms. The van der Waals surface area contributed by atoms with Gasteiger partial charge < -0.3 is 14.8 Å². The maximum atomic E-state index is 5.96. The highest BCUT2D eigenvalue weighted by Gasteiger charge is 2.31. The number of rotatable bonds is 7. The first-order chi connectivity index (χ1) is 7.85. The number of ether oxygens (including phenoxy) is 2. The first-order valence-electron chi connectivity index (χ1n) is 6.72. The molecule has 0 aromatic carbocycles. The topological polar surface area (TPSA) is 30.5 Å². The Labute approximate surface area is 106 Å². The second-order valence-corrected chi connectivity index (χ2v) is 6.58. The molecule has 1 heterocycles. The SMILES string of the molecule is COCCC(C)(C)CNCC1CCC(C)(C)O1. The lowest BCUT2D eigenvalue weighted by Crippen LogP contribution is -2.36. The van der Waals surface area contributed by atoms with E-state index in [0.29, 0.717) is 11.5 Å². The van der Waals surface area contributed by atoms with Crippen molar-refractivity contribution in [2.24, 2.45) is 5.41 Å². The van der Waals surface area contributed by atoms with E-state index < -0.39 is 0 Å². The first kappa shape index (κ1) is 14.9. The van der Waals surface area contributed by atoms with E-state index in [9.17, 15) is 0 Å². The van der Waals surface area contributed by atoms with E-state index in [1.54, 1.807) is 7.11 Å². The number of methoxy groups -OCH3 is 1. The molecule has 0 aromatic heterocycles. The van der Waals surface area contributed by atoms with E-state index in [4.69, 9.17) is 9.47 Å². The van der Waals surface area contributed by atoms with Gasteiger partial charge in [0.25, 0.3) is 0 Å². The number of nitrogens with one attached hydrogen (secondary N) is 1. The minimum atomic E-state index is 0.0813. The minimum absolute atomic E-state index is 0.0813. The zero-order valence-corrected chi connectivity index (χ0v) is 12.1. The molecule has 0 saturated carbocycles. The van der Waals surface area contributed by atoms with Gasteiger partial charge in [-0.25, -0.2) is 0 Å². The van der Waals surface area contributed by atoms with E-state index in [1.807, 2.05) is 0 Å². The Morgan fingerprint density at radius 2 is 2.12 bits per heavy atom. The van der Waals surface area contributed by atoms with Crippen molar-refractivity contribution in [3.05, 3.63) is 0 Å². The quantitative estimate of drug-likeness (QED) is 0.745. The third-order valence-corrected chi connectivity index (χ3v) is 3.51. The van der Waals surface area contributed by atoms with Crippen LogP contribution >= 0.6 is 0 Å². The summed E-state index contributed by atoms with van der Waals surface area (Å²) in [6.45, 7) is 11.7. The molecule has 1 aliphatic rings. The molecule has 102 valence electrons. The Morgan fingerprint density at radius 3 is 2.65 bits per heavy atom. The average Bonchev–Trinajstić information content (AvgIpc) is 2.55. The van der Waals surface area contributed by atoms with Crippen LogP contribution in [0.15, 0.2) is 0 Å². The van der Waals surface area contributed by atoms with Gasteiger partial charge in [-0.15, -0.1) is 0 Å². The van der Waals surface area contributed by atoms with Crippen LogP contribution in [0.5, 0.6) is 0 Å². The van der Waals surface area contributed by atoms with Crippen molar-refractivity contribution < 1.29 is 9.47 Å². The number of hydrogen-bond acceptors (Lipinski definition) is 3. The van der Waals surface area contributed by atoms with Crippen molar-refractivity contribution in [3.63, 3.8) is 0 Å². The summed E-state index contributed by atoms with van der Waals surface area (Å²) in [5, 5.41) is 3.53. The van der Waals surface area contributed by atoms with Crippen molar-refractivity contribution in [3.8, 4) is 0 Å². The fraction of sp³-hybridized carbons (Fsp3) is 1.00. The van der Waals surface area contributed by atoms with Gasteiger partial charge in [0.1, 0.15) is 0 Å². The van der Waals surface area contributed by atoms with Crippen LogP contribution in [0.1, 0.15) is 47.0 Å². The van der Waals surface area contributed by atoms with Crippen LogP contribution in [0, 0.1) is 5.41 Å². The van der Waals surface area contributed by atoms with Gasteiger partial charge in [0.2, 0.25) is 0 Å². The maximum absolute atomic E-state index is 5.96. The van der Waals surface area contributed by atoms with Crippen LogP contribution in [-0.4, -0.2) is 38.5 Å². The second-order valence-electron chi connectivity index (χ2n) is 6.58. The standard InChI is InChI=1S/C14H29NO2/c1-13(2,8-9-16-5)11-15-10-12-6-7-14(3,4)17-12/h12,15H,6-11H2,1-5H3. The fourth-order valence-electron chi connectivity index (χ4n) is 2.26. The van der Waals surface area contributed by atoms with Crippen LogP contribution < -0.4 is 5.32 Å². The van der Waals surface area contributed by atoms with Crippen LogP contribution in [0.4, 0.5) is 0 Å². The molecule has 3 heteroatoms. The van der Waals surface area contributed by atoms with Gasteiger partial charge in [-0.05, 0) is 38.5 Å². The largest absolute Gasteiger partial charge is 0.385 e. The summed E-state index contributed by atoms with van der Waals surface area (Å²) in [6.07, 6.45) is 3.83. The lowest BCUT2D eigenvalue weighted by atomic mass is 9.89. The molecule has 0 amide bonds. The number of hydrogen-bond donors (Lipinski definition) is 1. The van der Waals surface area contributed by atoms with Gasteiger partial charge in [-0.1, -0.05) is 13.8 Å². The Morgan fingerprint density at radius 1 is 1.41 bits per heavy atom. The molecular formula is C14H29NO2. The minimum Gasteiger partial charge on any atom is -0.385 e. The van der Waals surface area contributed by atoms with Gasteiger partial charge in [0, 0.05) is 26.8 Å². The maximum Gasteiger partial charge on any atom is 0.0707 e. The monoisotopic (exact) mass is 243 g/mol. The molecule has 0 bridgehead atoms. The summed E-state index contributed by atoms with van der Waals surface area (Å²) < 4.78 is 11.1. The lowest BCUT2D eigenvalue weighted by molar-refractivity contribution is -0.0149. The Hall–Kier alpha value is -0.120. The van der Waals surface area contributed by atoms with Gasteiger partial charge in [0.05, 0.1) is 11.7 Å². The summed E-state index contributed by atoms with van der Waals surface area (Å²) in [5.74, 6) is 0. The normalized spacial score (nSPS) is 24.2. The van der Waals surface area contributed by atoms with Crippen molar-refractivity contribution in [2.75, 3.05) is 26.8 Å². The van der Waals surface area contributed by atoms with Crippen molar-refractivity contribution in [1.29, 1.82) is 0 Å². The van der Waals surface area contributed by atoms with Crippen molar-refractivity contribution in [1.82, 2.24) is 5.32 Å². The molecule has 1 rings (SSSR count). The molecular weight excluding hydrogens is 214 g/mol. The highest BCUT2D eigenvalue weighted by molar-refractivity contribution is 4.82. The molecule has 0 aliphatic carbocycles. The van der Waals surface area contributed by atoms with Gasteiger partial charge in [0.15, 0.2) is 0 Å². The van der Waals surface area contributed by atoms with E-state index in [-0.39, 0.29) is 5.60 Å². The van der Waals surface area contributed by atoms with E-state index >= 15 is 0 Å². The summed E-state index contributed by atoms with van der Waals surface area (Å²) in [7, 11) is 1.76. The van der Waals surface area contributed by atoms with Crippen molar-refractivity contribution >= 4 is 0 Å². The summed E-state index contributed by atoms with van der Waals surface area (Å²) in [6, 6.07) is 0. The van der Waals surface area contributed by atoms with Crippen LogP contribution in [-0.2, 0) is 9.47 Å².